The number of hydrogen-bond acceptors (Lipinski definition) is 5. The highest BCUT2D eigenvalue weighted by molar-refractivity contribution is 7.89. The number of nitrogens with one attached hydrogen (secondary N) is 1. The van der Waals surface area contributed by atoms with Crippen molar-refractivity contribution < 1.29 is 22.3 Å². The number of ether oxygens (including phenoxy) is 1. The second kappa shape index (κ2) is 9.51. The lowest BCUT2D eigenvalue weighted by molar-refractivity contribution is 0.212. The highest BCUT2D eigenvalue weighted by Crippen LogP contribution is 2.30. The van der Waals surface area contributed by atoms with E-state index in [4.69, 9.17) is 4.74 Å². The molecule has 0 aliphatic carbocycles. The molecule has 32 heavy (non-hydrogen) atoms. The minimum atomic E-state index is -3.27. The van der Waals surface area contributed by atoms with E-state index in [2.05, 4.69) is 10.3 Å². The van der Waals surface area contributed by atoms with Crippen LogP contribution in [0.25, 0.3) is 0 Å². The van der Waals surface area contributed by atoms with Crippen LogP contribution < -0.4 is 5.32 Å². The number of pyridine rings is 1. The largest absolute Gasteiger partial charge is 0.384 e. The van der Waals surface area contributed by atoms with Gasteiger partial charge in [0.2, 0.25) is 10.0 Å². The lowest BCUT2D eigenvalue weighted by Crippen LogP contribution is -2.39. The van der Waals surface area contributed by atoms with Gasteiger partial charge in [0.15, 0.2) is 0 Å². The smallest absolute Gasteiger partial charge is 0.322 e. The van der Waals surface area contributed by atoms with E-state index in [-0.39, 0.29) is 24.3 Å². The van der Waals surface area contributed by atoms with Crippen LogP contribution in [0, 0.1) is 5.82 Å². The first-order valence-electron chi connectivity index (χ1n) is 10.6. The molecule has 0 saturated carbocycles. The summed E-state index contributed by atoms with van der Waals surface area (Å²) in [5.74, 6) is -0.113. The first-order valence-corrected chi connectivity index (χ1v) is 12.2. The number of hydrogen-bond donors (Lipinski definition) is 1. The van der Waals surface area contributed by atoms with Crippen molar-refractivity contribution in [2.45, 2.75) is 31.8 Å². The fraction of sp³-hybridized carbons (Fsp3) is 0.455. The van der Waals surface area contributed by atoms with Crippen LogP contribution in [0.4, 0.5) is 14.9 Å². The molecule has 1 aromatic heterocycles. The SMILES string of the molecule is COCCS(=O)(=O)N1CCC(c2ccc(NC(=O)N3Cc4cc(F)cnc4C3)cc2)CC1. The van der Waals surface area contributed by atoms with E-state index in [1.54, 1.807) is 9.21 Å². The van der Waals surface area contributed by atoms with Crippen LogP contribution in [0.2, 0.25) is 0 Å². The Morgan fingerprint density at radius 1 is 1.22 bits per heavy atom. The summed E-state index contributed by atoms with van der Waals surface area (Å²) in [5.41, 5.74) is 3.25. The van der Waals surface area contributed by atoms with E-state index < -0.39 is 15.8 Å². The van der Waals surface area contributed by atoms with Crippen LogP contribution in [-0.4, -0.2) is 61.2 Å². The van der Waals surface area contributed by atoms with Crippen LogP contribution in [0.3, 0.4) is 0 Å². The van der Waals surface area contributed by atoms with Crippen LogP contribution in [0.1, 0.15) is 35.6 Å². The molecule has 2 aromatic rings. The molecule has 1 fully saturated rings. The molecule has 0 spiro atoms. The van der Waals surface area contributed by atoms with E-state index in [9.17, 15) is 17.6 Å². The number of anilines is 1. The zero-order valence-corrected chi connectivity index (χ0v) is 18.8. The zero-order valence-electron chi connectivity index (χ0n) is 18.0. The van der Waals surface area contributed by atoms with Gasteiger partial charge in [0.05, 0.1) is 30.8 Å². The van der Waals surface area contributed by atoms with Crippen molar-refractivity contribution in [1.29, 1.82) is 0 Å². The lowest BCUT2D eigenvalue weighted by atomic mass is 9.90. The van der Waals surface area contributed by atoms with Gasteiger partial charge in [-0.1, -0.05) is 12.1 Å². The minimum absolute atomic E-state index is 0.00959. The summed E-state index contributed by atoms with van der Waals surface area (Å²) in [6.07, 6.45) is 2.68. The molecule has 8 nitrogen and oxygen atoms in total. The fourth-order valence-electron chi connectivity index (χ4n) is 4.20. The lowest BCUT2D eigenvalue weighted by Gasteiger charge is -2.31. The molecular weight excluding hydrogens is 435 g/mol. The second-order valence-electron chi connectivity index (χ2n) is 8.15. The van der Waals surface area contributed by atoms with Gasteiger partial charge in [-0.25, -0.2) is 21.9 Å². The van der Waals surface area contributed by atoms with Crippen molar-refractivity contribution in [2.24, 2.45) is 0 Å². The first kappa shape index (κ1) is 22.6. The molecule has 0 bridgehead atoms. The maximum atomic E-state index is 13.3. The molecular formula is C22H27FN4O4S. The van der Waals surface area contributed by atoms with Gasteiger partial charge in [0.1, 0.15) is 5.82 Å². The van der Waals surface area contributed by atoms with Crippen LogP contribution in [-0.2, 0) is 27.8 Å². The fourth-order valence-corrected chi connectivity index (χ4v) is 5.60. The van der Waals surface area contributed by atoms with Crippen LogP contribution in [0.5, 0.6) is 0 Å². The molecule has 1 saturated heterocycles. The highest BCUT2D eigenvalue weighted by Gasteiger charge is 2.28. The molecule has 4 rings (SSSR count). The van der Waals surface area contributed by atoms with Crippen LogP contribution in [0.15, 0.2) is 36.5 Å². The third-order valence-corrected chi connectivity index (χ3v) is 7.88. The Kier molecular flexibility index (Phi) is 6.73. The highest BCUT2D eigenvalue weighted by atomic mass is 32.2. The molecule has 2 aliphatic heterocycles. The number of halogens is 1. The summed E-state index contributed by atoms with van der Waals surface area (Å²) in [4.78, 5) is 18.2. The van der Waals surface area contributed by atoms with Gasteiger partial charge in [-0.3, -0.25) is 4.98 Å². The number of carbonyl (C=O) groups is 1. The molecule has 0 unspecified atom stereocenters. The zero-order chi connectivity index (χ0) is 22.7. The van der Waals surface area contributed by atoms with Gasteiger partial charge in [0, 0.05) is 32.4 Å². The van der Waals surface area contributed by atoms with Crippen molar-refractivity contribution in [2.75, 3.05) is 37.9 Å². The number of urea groups is 1. The van der Waals surface area contributed by atoms with Crippen molar-refractivity contribution in [3.8, 4) is 0 Å². The van der Waals surface area contributed by atoms with Crippen molar-refractivity contribution in [1.82, 2.24) is 14.2 Å². The number of carbonyl (C=O) groups excluding carboxylic acids is 1. The Labute approximate surface area is 187 Å². The molecule has 1 aromatic carbocycles. The van der Waals surface area contributed by atoms with Gasteiger partial charge in [-0.2, -0.15) is 0 Å². The van der Waals surface area contributed by atoms with E-state index in [0.717, 1.165) is 24.0 Å². The van der Waals surface area contributed by atoms with Crippen molar-refractivity contribution >= 4 is 21.7 Å². The van der Waals surface area contributed by atoms with Gasteiger partial charge in [-0.15, -0.1) is 0 Å². The molecule has 0 atom stereocenters. The van der Waals surface area contributed by atoms with Gasteiger partial charge >= 0.3 is 6.03 Å². The van der Waals surface area contributed by atoms with Gasteiger partial charge in [-0.05, 0) is 48.1 Å². The number of piperidine rings is 1. The molecule has 3 heterocycles. The number of fused-ring (bicyclic) bond motifs is 1. The number of methoxy groups -OCH3 is 1. The number of rotatable bonds is 6. The Bertz CT molecular complexity index is 1070. The Morgan fingerprint density at radius 3 is 2.62 bits per heavy atom. The first-order chi connectivity index (χ1) is 15.4. The summed E-state index contributed by atoms with van der Waals surface area (Å²) in [6, 6.07) is 8.83. The van der Waals surface area contributed by atoms with Gasteiger partial charge in [0.25, 0.3) is 0 Å². The second-order valence-corrected chi connectivity index (χ2v) is 10.2. The minimum Gasteiger partial charge on any atom is -0.384 e. The quantitative estimate of drug-likeness (QED) is 0.713. The van der Waals surface area contributed by atoms with E-state index in [1.807, 2.05) is 24.3 Å². The predicted molar refractivity (Wildman–Crippen MR) is 118 cm³/mol. The Hall–Kier alpha value is -2.56. The van der Waals surface area contributed by atoms with E-state index in [1.165, 1.54) is 19.4 Å². The summed E-state index contributed by atoms with van der Waals surface area (Å²) in [7, 11) is -1.77. The molecule has 2 amide bonds. The Balaban J connectivity index is 1.30. The maximum Gasteiger partial charge on any atom is 0.322 e. The molecule has 10 heteroatoms. The summed E-state index contributed by atoms with van der Waals surface area (Å²) >= 11 is 0. The summed E-state index contributed by atoms with van der Waals surface area (Å²) in [5, 5.41) is 2.88. The van der Waals surface area contributed by atoms with Crippen molar-refractivity contribution in [3.63, 3.8) is 0 Å². The standard InChI is InChI=1S/C22H27FN4O4S/c1-31-10-11-32(29,30)27-8-6-17(7-9-27)16-2-4-20(5-3-16)25-22(28)26-14-18-12-19(23)13-24-21(18)15-26/h2-5,12-13,17H,6-11,14-15H2,1H3,(H,25,28). The van der Waals surface area contributed by atoms with Gasteiger partial charge < -0.3 is 15.0 Å². The van der Waals surface area contributed by atoms with E-state index in [0.29, 0.717) is 37.6 Å². The Morgan fingerprint density at radius 2 is 1.94 bits per heavy atom. The maximum absolute atomic E-state index is 13.3. The topological polar surface area (TPSA) is 91.8 Å². The predicted octanol–water partition coefficient (Wildman–Crippen LogP) is 2.92. The average molecular weight is 463 g/mol. The monoisotopic (exact) mass is 462 g/mol. The normalized spacial score (nSPS) is 17.4. The molecule has 0 radical (unpaired) electrons. The number of benzene rings is 1. The molecule has 1 N–H and O–H groups in total. The molecule has 172 valence electrons. The number of nitrogens with zero attached hydrogens (tertiary/aromatic N) is 3. The summed E-state index contributed by atoms with van der Waals surface area (Å²) in [6.45, 7) is 1.88. The third-order valence-electron chi connectivity index (χ3n) is 6.04. The van der Waals surface area contributed by atoms with Crippen LogP contribution >= 0.6 is 0 Å². The third kappa shape index (κ3) is 5.08. The average Bonchev–Trinajstić information content (AvgIpc) is 3.22. The summed E-state index contributed by atoms with van der Waals surface area (Å²) < 4.78 is 44.4. The molecule has 2 aliphatic rings. The van der Waals surface area contributed by atoms with E-state index >= 15 is 0 Å². The van der Waals surface area contributed by atoms with Crippen molar-refractivity contribution in [3.05, 3.63) is 59.2 Å². The number of sulfonamides is 1. The number of aromatic nitrogens is 1. The number of amides is 2.